The molecule has 0 aromatic carbocycles. The first kappa shape index (κ1) is 17.5. The van der Waals surface area contributed by atoms with Crippen LogP contribution in [0.15, 0.2) is 12.2 Å². The largest absolute Gasteiger partial charge is 0.403 e. The Balaban J connectivity index is 5.04. The highest BCUT2D eigenvalue weighted by molar-refractivity contribution is 6.74. The van der Waals surface area contributed by atoms with E-state index in [9.17, 15) is 0 Å². The zero-order chi connectivity index (χ0) is 14.8. The van der Waals surface area contributed by atoms with Gasteiger partial charge < -0.3 is 4.43 Å². The first-order valence-electron chi connectivity index (χ1n) is 6.62. The molecule has 0 aliphatic rings. The number of hydrogen-bond donors (Lipinski definition) is 0. The molecule has 0 aliphatic heterocycles. The highest BCUT2D eigenvalue weighted by Gasteiger charge is 2.42. The van der Waals surface area contributed by atoms with E-state index in [1.807, 2.05) is 6.92 Å². The Morgan fingerprint density at radius 3 is 2.00 bits per heavy atom. The minimum absolute atomic E-state index is 0.0594. The molecule has 0 radical (unpaired) electrons. The number of terminal acetylenes is 1. The maximum absolute atomic E-state index is 6.38. The maximum atomic E-state index is 6.38. The highest BCUT2D eigenvalue weighted by atomic mass is 28.4. The lowest BCUT2D eigenvalue weighted by molar-refractivity contribution is 0.107. The predicted molar refractivity (Wildman–Crippen MR) is 84.1 cm³/mol. The van der Waals surface area contributed by atoms with E-state index < -0.39 is 8.32 Å². The Labute approximate surface area is 115 Å². The summed E-state index contributed by atoms with van der Waals surface area (Å²) in [5.74, 6) is 2.85. The normalized spacial score (nSPS) is 15.1. The first-order chi connectivity index (χ1) is 7.83. The Hall–Kier alpha value is -0.523. The van der Waals surface area contributed by atoms with Crippen LogP contribution < -0.4 is 0 Å². The topological polar surface area (TPSA) is 9.23 Å². The van der Waals surface area contributed by atoms with Crippen molar-refractivity contribution in [3.63, 3.8) is 0 Å². The molecule has 18 heavy (non-hydrogen) atoms. The lowest BCUT2D eigenvalue weighted by Gasteiger charge is -2.42. The Bertz CT molecular complexity index is 339. The van der Waals surface area contributed by atoms with Crippen molar-refractivity contribution in [2.24, 2.45) is 5.41 Å². The van der Waals surface area contributed by atoms with Crippen molar-refractivity contribution in [2.75, 3.05) is 0 Å². The second-order valence-corrected chi connectivity index (χ2v) is 12.3. The van der Waals surface area contributed by atoms with Crippen LogP contribution in [-0.4, -0.2) is 14.4 Å². The van der Waals surface area contributed by atoms with E-state index in [0.717, 1.165) is 12.0 Å². The summed E-state index contributed by atoms with van der Waals surface area (Å²) in [4.78, 5) is 0. The molecule has 0 aliphatic carbocycles. The molecule has 104 valence electrons. The Morgan fingerprint density at radius 1 is 1.28 bits per heavy atom. The molecule has 1 unspecified atom stereocenters. The third-order valence-electron chi connectivity index (χ3n) is 3.84. The molecule has 0 N–H and O–H groups in total. The molecule has 0 aromatic heterocycles. The summed E-state index contributed by atoms with van der Waals surface area (Å²) in [6.07, 6.45) is 6.46. The van der Waals surface area contributed by atoms with Gasteiger partial charge in [-0.25, -0.2) is 0 Å². The van der Waals surface area contributed by atoms with Gasteiger partial charge in [-0.3, -0.25) is 0 Å². The van der Waals surface area contributed by atoms with Gasteiger partial charge in [-0.1, -0.05) is 46.1 Å². The summed E-state index contributed by atoms with van der Waals surface area (Å²) in [7, 11) is -1.82. The van der Waals surface area contributed by atoms with Crippen molar-refractivity contribution >= 4 is 8.32 Å². The molecular formula is C16H30OSi. The van der Waals surface area contributed by atoms with Crippen molar-refractivity contribution in [3.8, 4) is 12.3 Å². The monoisotopic (exact) mass is 266 g/mol. The van der Waals surface area contributed by atoms with Crippen molar-refractivity contribution in [1.29, 1.82) is 0 Å². The minimum Gasteiger partial charge on any atom is -0.403 e. The van der Waals surface area contributed by atoms with Crippen LogP contribution in [0.4, 0.5) is 0 Å². The van der Waals surface area contributed by atoms with Crippen LogP contribution in [0.2, 0.25) is 18.1 Å². The zero-order valence-corrected chi connectivity index (χ0v) is 14.5. The number of hydrogen-bond acceptors (Lipinski definition) is 1. The van der Waals surface area contributed by atoms with Crippen molar-refractivity contribution < 1.29 is 4.43 Å². The lowest BCUT2D eigenvalue weighted by atomic mass is 9.81. The average Bonchev–Trinajstić information content (AvgIpc) is 2.09. The molecule has 0 fully saturated rings. The smallest absolute Gasteiger partial charge is 0.193 e. The second kappa shape index (κ2) is 5.63. The number of allylic oxidation sites excluding steroid dienone is 1. The Kier molecular flexibility index (Phi) is 5.47. The van der Waals surface area contributed by atoms with Gasteiger partial charge in [0.15, 0.2) is 8.32 Å². The molecule has 0 saturated heterocycles. The second-order valence-electron chi connectivity index (χ2n) is 7.55. The van der Waals surface area contributed by atoms with Gasteiger partial charge in [0.05, 0.1) is 0 Å². The summed E-state index contributed by atoms with van der Waals surface area (Å²) in [5.41, 5.74) is 1.09. The fraction of sp³-hybridized carbons (Fsp3) is 0.750. The Morgan fingerprint density at radius 2 is 1.72 bits per heavy atom. The van der Waals surface area contributed by atoms with Crippen LogP contribution in [0, 0.1) is 17.8 Å². The molecule has 0 bridgehead atoms. The van der Waals surface area contributed by atoms with Crippen LogP contribution in [-0.2, 0) is 4.43 Å². The van der Waals surface area contributed by atoms with Gasteiger partial charge in [0.25, 0.3) is 0 Å². The van der Waals surface area contributed by atoms with Crippen LogP contribution in [0.3, 0.4) is 0 Å². The summed E-state index contributed by atoms with van der Waals surface area (Å²) >= 11 is 0. The van der Waals surface area contributed by atoms with Crippen LogP contribution in [0.25, 0.3) is 0 Å². The van der Waals surface area contributed by atoms with Gasteiger partial charge in [-0.05, 0) is 31.5 Å². The van der Waals surface area contributed by atoms with Crippen LogP contribution >= 0.6 is 0 Å². The molecule has 0 amide bonds. The molecule has 0 heterocycles. The van der Waals surface area contributed by atoms with Crippen LogP contribution in [0.5, 0.6) is 0 Å². The summed E-state index contributed by atoms with van der Waals surface area (Å²) in [6.45, 7) is 21.6. The maximum Gasteiger partial charge on any atom is 0.193 e. The van der Waals surface area contributed by atoms with Gasteiger partial charge >= 0.3 is 0 Å². The molecule has 1 nitrogen and oxygen atoms in total. The third kappa shape index (κ3) is 4.63. The number of rotatable bonds is 5. The van der Waals surface area contributed by atoms with Gasteiger partial charge in [-0.15, -0.1) is 13.0 Å². The standard InChI is InChI=1S/C16H30OSi/c1-11-14(16(7,8)12-13(2)3)17-18(9,10)15(4,5)6/h1,14H,2,12H2,3-10H3. The van der Waals surface area contributed by atoms with Gasteiger partial charge in [0.1, 0.15) is 6.10 Å². The highest BCUT2D eigenvalue weighted by Crippen LogP contribution is 2.40. The zero-order valence-electron chi connectivity index (χ0n) is 13.5. The summed E-state index contributed by atoms with van der Waals surface area (Å²) in [6, 6.07) is 0. The van der Waals surface area contributed by atoms with Gasteiger partial charge in [0, 0.05) is 5.41 Å². The van der Waals surface area contributed by atoms with Gasteiger partial charge in [0.2, 0.25) is 0 Å². The minimum atomic E-state index is -1.82. The third-order valence-corrected chi connectivity index (χ3v) is 8.27. The summed E-state index contributed by atoms with van der Waals surface area (Å²) in [5, 5.41) is 0.182. The van der Waals surface area contributed by atoms with E-state index in [4.69, 9.17) is 10.8 Å². The van der Waals surface area contributed by atoms with Crippen LogP contribution in [0.1, 0.15) is 48.0 Å². The van der Waals surface area contributed by atoms with Crippen molar-refractivity contribution in [1.82, 2.24) is 0 Å². The molecule has 0 rings (SSSR count). The van der Waals surface area contributed by atoms with E-state index in [1.54, 1.807) is 0 Å². The van der Waals surface area contributed by atoms with Crippen molar-refractivity contribution in [2.45, 2.75) is 72.2 Å². The molecular weight excluding hydrogens is 236 g/mol. The van der Waals surface area contributed by atoms with E-state index in [2.05, 4.69) is 60.2 Å². The first-order valence-corrected chi connectivity index (χ1v) is 9.52. The quantitative estimate of drug-likeness (QED) is 0.386. The average molecular weight is 267 g/mol. The predicted octanol–water partition coefficient (Wildman–Crippen LogP) is 5.00. The molecule has 0 aromatic rings. The van der Waals surface area contributed by atoms with Gasteiger partial charge in [-0.2, -0.15) is 0 Å². The molecule has 1 atom stereocenters. The lowest BCUT2D eigenvalue weighted by Crippen LogP contribution is -2.47. The SMILES string of the molecule is C#CC(O[Si](C)(C)C(C)(C)C)C(C)(C)CC(=C)C. The summed E-state index contributed by atoms with van der Waals surface area (Å²) < 4.78 is 6.38. The van der Waals surface area contributed by atoms with E-state index in [-0.39, 0.29) is 16.6 Å². The molecule has 0 saturated carbocycles. The van der Waals surface area contributed by atoms with E-state index in [1.165, 1.54) is 0 Å². The van der Waals surface area contributed by atoms with Crippen molar-refractivity contribution in [3.05, 3.63) is 12.2 Å². The molecule has 2 heteroatoms. The van der Waals surface area contributed by atoms with E-state index in [0.29, 0.717) is 0 Å². The van der Waals surface area contributed by atoms with E-state index >= 15 is 0 Å². The fourth-order valence-electron chi connectivity index (χ4n) is 1.76. The fourth-order valence-corrected chi connectivity index (χ4v) is 3.09. The molecule has 0 spiro atoms.